The molecule has 6 heteroatoms. The Kier molecular flexibility index (Phi) is 3.76. The first-order valence-corrected chi connectivity index (χ1v) is 7.11. The first-order chi connectivity index (χ1) is 8.91. The van der Waals surface area contributed by atoms with Crippen molar-refractivity contribution < 1.29 is 0 Å². The van der Waals surface area contributed by atoms with Crippen molar-refractivity contribution in [2.24, 2.45) is 5.41 Å². The van der Waals surface area contributed by atoms with Gasteiger partial charge in [-0.2, -0.15) is 10.2 Å². The van der Waals surface area contributed by atoms with Gasteiger partial charge in [-0.25, -0.2) is 9.50 Å². The van der Waals surface area contributed by atoms with Crippen molar-refractivity contribution in [1.29, 1.82) is 5.26 Å². The van der Waals surface area contributed by atoms with Crippen LogP contribution in [0.2, 0.25) is 0 Å². The molecule has 0 fully saturated rings. The van der Waals surface area contributed by atoms with Gasteiger partial charge in [0.2, 0.25) is 5.16 Å². The van der Waals surface area contributed by atoms with Gasteiger partial charge in [0, 0.05) is 23.6 Å². The highest BCUT2D eigenvalue weighted by atomic mass is 32.2. The summed E-state index contributed by atoms with van der Waals surface area (Å²) < 4.78 is 1.76. The van der Waals surface area contributed by atoms with Gasteiger partial charge in [-0.1, -0.05) is 25.6 Å². The molecule has 0 spiro atoms. The second-order valence-corrected chi connectivity index (χ2v) is 6.38. The molecule has 2 aromatic heterocycles. The summed E-state index contributed by atoms with van der Waals surface area (Å²) >= 11 is 1.57. The van der Waals surface area contributed by atoms with Gasteiger partial charge in [-0.15, -0.1) is 5.10 Å². The van der Waals surface area contributed by atoms with Crippen LogP contribution in [0.15, 0.2) is 11.2 Å². The van der Waals surface area contributed by atoms with E-state index in [9.17, 15) is 0 Å². The molecule has 0 atom stereocenters. The lowest BCUT2D eigenvalue weighted by atomic mass is 9.93. The van der Waals surface area contributed by atoms with Crippen molar-refractivity contribution in [2.75, 3.05) is 5.75 Å². The lowest BCUT2D eigenvalue weighted by molar-refractivity contribution is 0.436. The third-order valence-electron chi connectivity index (χ3n) is 2.75. The van der Waals surface area contributed by atoms with Gasteiger partial charge in [0.15, 0.2) is 0 Å². The quantitative estimate of drug-likeness (QED) is 0.803. The summed E-state index contributed by atoms with van der Waals surface area (Å²) in [4.78, 5) is 8.78. The highest BCUT2D eigenvalue weighted by Gasteiger charge is 2.19. The average Bonchev–Trinajstić information content (AvgIpc) is 2.70. The molecule has 0 aliphatic carbocycles. The Morgan fingerprint density at radius 1 is 1.37 bits per heavy atom. The van der Waals surface area contributed by atoms with E-state index in [0.29, 0.717) is 17.4 Å². The molecule has 0 N–H and O–H groups in total. The van der Waals surface area contributed by atoms with E-state index in [-0.39, 0.29) is 5.41 Å². The Morgan fingerprint density at radius 3 is 2.79 bits per heavy atom. The molecule has 100 valence electrons. The predicted octanol–water partition coefficient (Wildman–Crippen LogP) is 2.77. The zero-order chi connectivity index (χ0) is 14.0. The average molecular weight is 275 g/mol. The number of aryl methyl sites for hydroxylation is 2. The minimum atomic E-state index is -0.0325. The Bertz CT molecular complexity index is 638. The first kappa shape index (κ1) is 13.8. The smallest absolute Gasteiger partial charge is 0.216 e. The molecular formula is C13H17N5S. The van der Waals surface area contributed by atoms with E-state index in [2.05, 4.69) is 35.0 Å². The molecule has 2 aromatic rings. The molecule has 0 radical (unpaired) electrons. The lowest BCUT2D eigenvalue weighted by Gasteiger charge is -2.18. The van der Waals surface area contributed by atoms with Crippen LogP contribution in [0.25, 0.3) is 5.78 Å². The zero-order valence-electron chi connectivity index (χ0n) is 11.6. The number of nitrogens with zero attached hydrogens (tertiary/aromatic N) is 5. The van der Waals surface area contributed by atoms with Crippen molar-refractivity contribution in [3.8, 4) is 6.07 Å². The molecule has 0 saturated heterocycles. The van der Waals surface area contributed by atoms with E-state index >= 15 is 0 Å². The monoisotopic (exact) mass is 275 g/mol. The van der Waals surface area contributed by atoms with Crippen LogP contribution in [-0.4, -0.2) is 25.3 Å². The van der Waals surface area contributed by atoms with E-state index in [4.69, 9.17) is 5.26 Å². The van der Waals surface area contributed by atoms with Gasteiger partial charge < -0.3 is 0 Å². The second kappa shape index (κ2) is 5.17. The van der Waals surface area contributed by atoms with E-state index in [0.717, 1.165) is 17.1 Å². The van der Waals surface area contributed by atoms with Crippen LogP contribution in [0.1, 0.15) is 31.7 Å². The molecule has 19 heavy (non-hydrogen) atoms. The van der Waals surface area contributed by atoms with Crippen LogP contribution in [0.3, 0.4) is 0 Å². The molecule has 0 bridgehead atoms. The molecule has 2 heterocycles. The molecule has 0 unspecified atom stereocenters. The van der Waals surface area contributed by atoms with Crippen molar-refractivity contribution in [3.63, 3.8) is 0 Å². The Hall–Kier alpha value is -1.61. The van der Waals surface area contributed by atoms with E-state index < -0.39 is 0 Å². The molecule has 0 aliphatic heterocycles. The second-order valence-electron chi connectivity index (χ2n) is 5.43. The summed E-state index contributed by atoms with van der Waals surface area (Å²) in [6.45, 7) is 8.09. The Morgan fingerprint density at radius 2 is 2.11 bits per heavy atom. The Balaban J connectivity index is 2.19. The number of aromatic nitrogens is 4. The molecule has 5 nitrogen and oxygen atoms in total. The summed E-state index contributed by atoms with van der Waals surface area (Å²) in [5, 5.41) is 13.9. The molecule has 0 aliphatic rings. The number of rotatable bonds is 4. The largest absolute Gasteiger partial charge is 0.253 e. The van der Waals surface area contributed by atoms with Crippen LogP contribution in [0, 0.1) is 30.6 Å². The summed E-state index contributed by atoms with van der Waals surface area (Å²) in [7, 11) is 0. The number of thioether (sulfide) groups is 1. The predicted molar refractivity (Wildman–Crippen MR) is 75.0 cm³/mol. The zero-order valence-corrected chi connectivity index (χ0v) is 12.5. The van der Waals surface area contributed by atoms with Crippen LogP contribution in [0.5, 0.6) is 0 Å². The van der Waals surface area contributed by atoms with Gasteiger partial charge in [0.05, 0.1) is 6.07 Å². The number of fused-ring (bicyclic) bond motifs is 1. The maximum Gasteiger partial charge on any atom is 0.253 e. The molecule has 0 saturated carbocycles. The van der Waals surface area contributed by atoms with Crippen LogP contribution in [0.4, 0.5) is 0 Å². The number of hydrogen-bond donors (Lipinski definition) is 0. The van der Waals surface area contributed by atoms with Gasteiger partial charge in [0.25, 0.3) is 5.78 Å². The first-order valence-electron chi connectivity index (χ1n) is 6.12. The van der Waals surface area contributed by atoms with Gasteiger partial charge in [0.1, 0.15) is 0 Å². The summed E-state index contributed by atoms with van der Waals surface area (Å²) in [5.41, 5.74) is 1.94. The van der Waals surface area contributed by atoms with Crippen molar-refractivity contribution >= 4 is 17.5 Å². The fourth-order valence-corrected chi connectivity index (χ4v) is 2.64. The topological polar surface area (TPSA) is 66.9 Å². The molecule has 2 rings (SSSR count). The van der Waals surface area contributed by atoms with Gasteiger partial charge in [-0.3, -0.25) is 0 Å². The minimum absolute atomic E-state index is 0.0325. The molecule has 0 amide bonds. The standard InChI is InChI=1S/C13H17N5S/c1-9-7-10(2)18-11(15-9)16-12(17-18)19-8-13(3,4)5-6-14/h7H,5,8H2,1-4H3. The van der Waals surface area contributed by atoms with E-state index in [1.165, 1.54) is 0 Å². The fourth-order valence-electron chi connectivity index (χ4n) is 1.73. The summed E-state index contributed by atoms with van der Waals surface area (Å²) in [5.74, 6) is 1.45. The molecular weight excluding hydrogens is 258 g/mol. The molecule has 0 aromatic carbocycles. The lowest BCUT2D eigenvalue weighted by Crippen LogP contribution is -2.13. The highest BCUT2D eigenvalue weighted by molar-refractivity contribution is 7.99. The SMILES string of the molecule is Cc1cc(C)n2nc(SCC(C)(C)CC#N)nc2n1. The van der Waals surface area contributed by atoms with Crippen molar-refractivity contribution in [3.05, 3.63) is 17.5 Å². The van der Waals surface area contributed by atoms with Gasteiger partial charge in [-0.05, 0) is 25.3 Å². The Labute approximate surface area is 117 Å². The minimum Gasteiger partial charge on any atom is -0.216 e. The summed E-state index contributed by atoms with van der Waals surface area (Å²) in [6, 6.07) is 4.20. The van der Waals surface area contributed by atoms with Gasteiger partial charge >= 0.3 is 0 Å². The maximum absolute atomic E-state index is 8.78. The number of hydrogen-bond acceptors (Lipinski definition) is 5. The van der Waals surface area contributed by atoms with Crippen LogP contribution >= 0.6 is 11.8 Å². The summed E-state index contributed by atoms with van der Waals surface area (Å²) in [6.07, 6.45) is 0.532. The third kappa shape index (κ3) is 3.24. The highest BCUT2D eigenvalue weighted by Crippen LogP contribution is 2.28. The van der Waals surface area contributed by atoms with Crippen molar-refractivity contribution in [1.82, 2.24) is 19.6 Å². The third-order valence-corrected chi connectivity index (χ3v) is 4.11. The van der Waals surface area contributed by atoms with Crippen LogP contribution < -0.4 is 0 Å². The van der Waals surface area contributed by atoms with Crippen LogP contribution in [-0.2, 0) is 0 Å². The fraction of sp³-hybridized carbons (Fsp3) is 0.538. The van der Waals surface area contributed by atoms with Crippen molar-refractivity contribution in [2.45, 2.75) is 39.3 Å². The number of nitriles is 1. The van der Waals surface area contributed by atoms with E-state index in [1.54, 1.807) is 16.3 Å². The normalized spacial score (nSPS) is 11.7. The maximum atomic E-state index is 8.78. The van der Waals surface area contributed by atoms with E-state index in [1.807, 2.05) is 19.9 Å².